The van der Waals surface area contributed by atoms with Crippen LogP contribution in [0, 0.1) is 31.1 Å². The molecular formula is C14H20N4. The van der Waals surface area contributed by atoms with Gasteiger partial charge in [-0.3, -0.25) is 4.98 Å². The van der Waals surface area contributed by atoms with Crippen molar-refractivity contribution >= 4 is 5.69 Å². The Balaban J connectivity index is 2.36. The zero-order chi connectivity index (χ0) is 13.3. The van der Waals surface area contributed by atoms with Gasteiger partial charge in [0.1, 0.15) is 6.07 Å². The van der Waals surface area contributed by atoms with E-state index in [9.17, 15) is 5.26 Å². The van der Waals surface area contributed by atoms with Crippen LogP contribution in [0.2, 0.25) is 0 Å². The summed E-state index contributed by atoms with van der Waals surface area (Å²) in [5, 5.41) is 12.7. The van der Waals surface area contributed by atoms with Gasteiger partial charge in [0.05, 0.1) is 16.9 Å². The van der Waals surface area contributed by atoms with E-state index in [2.05, 4.69) is 23.3 Å². The Hall–Kier alpha value is -1.60. The number of aromatic nitrogens is 1. The molecule has 96 valence electrons. The van der Waals surface area contributed by atoms with Gasteiger partial charge in [-0.25, -0.2) is 0 Å². The highest BCUT2D eigenvalue weighted by Gasteiger charge is 2.40. The van der Waals surface area contributed by atoms with E-state index in [4.69, 9.17) is 5.73 Å². The zero-order valence-electron chi connectivity index (χ0n) is 11.2. The summed E-state index contributed by atoms with van der Waals surface area (Å²) in [6, 6.07) is 4.16. The predicted octanol–water partition coefficient (Wildman–Crippen LogP) is 2.11. The number of nitriles is 1. The fraction of sp³-hybridized carbons (Fsp3) is 0.571. The van der Waals surface area contributed by atoms with Crippen LogP contribution in [0.5, 0.6) is 0 Å². The first kappa shape index (κ1) is 12.8. The average Bonchev–Trinajstić information content (AvgIpc) is 3.12. The number of anilines is 1. The highest BCUT2D eigenvalue weighted by molar-refractivity contribution is 5.61. The normalized spacial score (nSPS) is 17.9. The lowest BCUT2D eigenvalue weighted by Crippen LogP contribution is -2.45. The summed E-state index contributed by atoms with van der Waals surface area (Å²) in [5.74, 6) is 0.614. The van der Waals surface area contributed by atoms with Gasteiger partial charge in [-0.2, -0.15) is 5.26 Å². The fourth-order valence-corrected chi connectivity index (χ4v) is 2.42. The Morgan fingerprint density at radius 3 is 2.72 bits per heavy atom. The molecule has 1 atom stereocenters. The second-order valence-corrected chi connectivity index (χ2v) is 5.40. The molecule has 1 saturated carbocycles. The molecule has 0 radical (unpaired) electrons. The number of nitrogens with two attached hydrogens (primary N) is 1. The molecule has 1 aliphatic carbocycles. The lowest BCUT2D eigenvalue weighted by atomic mass is 9.95. The molecule has 1 aliphatic rings. The minimum atomic E-state index is -0.119. The Labute approximate surface area is 108 Å². The van der Waals surface area contributed by atoms with E-state index < -0.39 is 0 Å². The number of nitrogens with zero attached hydrogens (tertiary/aromatic N) is 2. The monoisotopic (exact) mass is 244 g/mol. The number of hydrogen-bond acceptors (Lipinski definition) is 4. The molecule has 1 aromatic heterocycles. The highest BCUT2D eigenvalue weighted by Crippen LogP contribution is 2.41. The summed E-state index contributed by atoms with van der Waals surface area (Å²) in [6.45, 7) is 6.52. The largest absolute Gasteiger partial charge is 0.377 e. The van der Waals surface area contributed by atoms with Crippen molar-refractivity contribution < 1.29 is 0 Å². The summed E-state index contributed by atoms with van der Waals surface area (Å²) < 4.78 is 0. The van der Waals surface area contributed by atoms with Crippen molar-refractivity contribution in [3.8, 4) is 6.07 Å². The molecule has 0 amide bonds. The third-order valence-electron chi connectivity index (χ3n) is 3.76. The van der Waals surface area contributed by atoms with Crippen molar-refractivity contribution in [1.82, 2.24) is 4.98 Å². The van der Waals surface area contributed by atoms with Crippen LogP contribution < -0.4 is 11.1 Å². The molecule has 18 heavy (non-hydrogen) atoms. The van der Waals surface area contributed by atoms with E-state index in [1.807, 2.05) is 19.9 Å². The first-order valence-corrected chi connectivity index (χ1v) is 6.37. The second kappa shape index (κ2) is 4.58. The lowest BCUT2D eigenvalue weighted by molar-refractivity contribution is 0.459. The van der Waals surface area contributed by atoms with Crippen molar-refractivity contribution in [1.29, 1.82) is 5.26 Å². The molecule has 0 aliphatic heterocycles. The SMILES string of the molecule is Cc1cc(NC(C)(CN)C2CC2)c(C#N)c(C)n1. The van der Waals surface area contributed by atoms with Crippen molar-refractivity contribution in [2.45, 2.75) is 39.2 Å². The zero-order valence-corrected chi connectivity index (χ0v) is 11.2. The maximum absolute atomic E-state index is 9.25. The number of pyridine rings is 1. The third-order valence-corrected chi connectivity index (χ3v) is 3.76. The summed E-state index contributed by atoms with van der Waals surface area (Å²) in [6.07, 6.45) is 2.43. The standard InChI is InChI=1S/C14H20N4/c1-9-6-13(12(7-15)10(2)17-9)18-14(3,8-16)11-4-5-11/h6,11H,4-5,8,16H2,1-3H3,(H,17,18). The lowest BCUT2D eigenvalue weighted by Gasteiger charge is -2.31. The van der Waals surface area contributed by atoms with Gasteiger partial charge in [0.2, 0.25) is 0 Å². The Morgan fingerprint density at radius 1 is 1.56 bits per heavy atom. The molecule has 0 bridgehead atoms. The topological polar surface area (TPSA) is 74.7 Å². The first-order valence-electron chi connectivity index (χ1n) is 6.37. The molecule has 1 unspecified atom stereocenters. The van der Waals surface area contributed by atoms with Crippen LogP contribution >= 0.6 is 0 Å². The molecule has 0 aromatic carbocycles. The van der Waals surface area contributed by atoms with Gasteiger partial charge >= 0.3 is 0 Å². The Bertz CT molecular complexity index is 499. The maximum Gasteiger partial charge on any atom is 0.103 e. The fourth-order valence-electron chi connectivity index (χ4n) is 2.42. The number of hydrogen-bond donors (Lipinski definition) is 2. The molecule has 1 fully saturated rings. The number of aryl methyl sites for hydroxylation is 2. The first-order chi connectivity index (χ1) is 8.50. The summed E-state index contributed by atoms with van der Waals surface area (Å²) in [7, 11) is 0. The third kappa shape index (κ3) is 2.32. The van der Waals surface area contributed by atoms with E-state index in [1.165, 1.54) is 12.8 Å². The predicted molar refractivity (Wildman–Crippen MR) is 72.2 cm³/mol. The molecule has 0 spiro atoms. The quantitative estimate of drug-likeness (QED) is 0.850. The van der Waals surface area contributed by atoms with Crippen LogP contribution in [0.1, 0.15) is 36.7 Å². The number of nitrogens with one attached hydrogen (secondary N) is 1. The van der Waals surface area contributed by atoms with Crippen molar-refractivity contribution in [3.63, 3.8) is 0 Å². The van der Waals surface area contributed by atoms with Crippen LogP contribution in [0.25, 0.3) is 0 Å². The van der Waals surface area contributed by atoms with Crippen LogP contribution in [-0.4, -0.2) is 17.1 Å². The minimum Gasteiger partial charge on any atom is -0.377 e. The van der Waals surface area contributed by atoms with E-state index in [1.54, 1.807) is 0 Å². The van der Waals surface area contributed by atoms with Crippen LogP contribution in [-0.2, 0) is 0 Å². The minimum absolute atomic E-state index is 0.119. The Kier molecular flexibility index (Phi) is 3.27. The van der Waals surface area contributed by atoms with Gasteiger partial charge in [0, 0.05) is 17.8 Å². The molecule has 1 heterocycles. The molecule has 4 nitrogen and oxygen atoms in total. The average molecular weight is 244 g/mol. The second-order valence-electron chi connectivity index (χ2n) is 5.40. The van der Waals surface area contributed by atoms with E-state index >= 15 is 0 Å². The molecular weight excluding hydrogens is 224 g/mol. The Morgan fingerprint density at radius 2 is 2.22 bits per heavy atom. The highest BCUT2D eigenvalue weighted by atomic mass is 15.0. The molecule has 4 heteroatoms. The molecule has 2 rings (SSSR count). The van der Waals surface area contributed by atoms with E-state index in [0.717, 1.165) is 17.1 Å². The molecule has 3 N–H and O–H groups in total. The maximum atomic E-state index is 9.25. The van der Waals surface area contributed by atoms with Crippen LogP contribution in [0.15, 0.2) is 6.07 Å². The van der Waals surface area contributed by atoms with Gasteiger partial charge in [-0.15, -0.1) is 0 Å². The van der Waals surface area contributed by atoms with Gasteiger partial charge in [-0.1, -0.05) is 0 Å². The van der Waals surface area contributed by atoms with Gasteiger partial charge in [-0.05, 0) is 45.6 Å². The molecule has 0 saturated heterocycles. The van der Waals surface area contributed by atoms with Crippen molar-refractivity contribution in [2.24, 2.45) is 11.7 Å². The van der Waals surface area contributed by atoms with Crippen molar-refractivity contribution in [3.05, 3.63) is 23.0 Å². The van der Waals surface area contributed by atoms with Crippen LogP contribution in [0.4, 0.5) is 5.69 Å². The van der Waals surface area contributed by atoms with Gasteiger partial charge in [0.15, 0.2) is 0 Å². The van der Waals surface area contributed by atoms with Crippen molar-refractivity contribution in [2.75, 3.05) is 11.9 Å². The summed E-state index contributed by atoms with van der Waals surface area (Å²) in [5.41, 5.74) is 8.97. The van der Waals surface area contributed by atoms with Gasteiger partial charge < -0.3 is 11.1 Å². The van der Waals surface area contributed by atoms with Crippen LogP contribution in [0.3, 0.4) is 0 Å². The summed E-state index contributed by atoms with van der Waals surface area (Å²) >= 11 is 0. The molecule has 1 aromatic rings. The van der Waals surface area contributed by atoms with E-state index in [0.29, 0.717) is 18.0 Å². The number of rotatable bonds is 4. The smallest absolute Gasteiger partial charge is 0.103 e. The summed E-state index contributed by atoms with van der Waals surface area (Å²) in [4.78, 5) is 4.33. The van der Waals surface area contributed by atoms with E-state index in [-0.39, 0.29) is 5.54 Å². The van der Waals surface area contributed by atoms with Gasteiger partial charge in [0.25, 0.3) is 0 Å².